The molecule has 0 aromatic heterocycles. The van der Waals surface area contributed by atoms with E-state index in [1.54, 1.807) is 6.42 Å². The second-order valence-electron chi connectivity index (χ2n) is 3.51. The van der Waals surface area contributed by atoms with Crippen molar-refractivity contribution in [2.75, 3.05) is 6.54 Å². The van der Waals surface area contributed by atoms with Crippen molar-refractivity contribution in [3.05, 3.63) is 0 Å². The molecule has 0 N–H and O–H groups in total. The summed E-state index contributed by atoms with van der Waals surface area (Å²) < 4.78 is 0. The van der Waals surface area contributed by atoms with Crippen LogP contribution in [0.4, 0.5) is 0 Å². The van der Waals surface area contributed by atoms with E-state index in [-0.39, 0.29) is 0 Å². The van der Waals surface area contributed by atoms with E-state index in [9.17, 15) is 0 Å². The Kier molecular flexibility index (Phi) is 0.472. The summed E-state index contributed by atoms with van der Waals surface area (Å²) in [6, 6.07) is 2.15. The van der Waals surface area contributed by atoms with Crippen LogP contribution < -0.4 is 0 Å². The van der Waals surface area contributed by atoms with Crippen LogP contribution in [0.2, 0.25) is 0 Å². The first-order valence-electron chi connectivity index (χ1n) is 3.71. The van der Waals surface area contributed by atoms with E-state index >= 15 is 0 Å². The normalized spacial score (nSPS) is 66.0. The molecule has 0 aromatic carbocycles. The first-order chi connectivity index (χ1) is 3.95. The van der Waals surface area contributed by atoms with Crippen LogP contribution in [0, 0.1) is 5.92 Å². The lowest BCUT2D eigenvalue weighted by Gasteiger charge is -2.19. The molecule has 3 heterocycles. The van der Waals surface area contributed by atoms with Gasteiger partial charge in [0.15, 0.2) is 0 Å². The molecule has 8 heavy (non-hydrogen) atoms. The van der Waals surface area contributed by atoms with Crippen LogP contribution in [0.5, 0.6) is 0 Å². The quantitative estimate of drug-likeness (QED) is 0.417. The minimum atomic E-state index is 1.07. The molecular formula is C7H11N. The molecule has 0 spiro atoms. The molecule has 44 valence electrons. The lowest BCUT2D eigenvalue weighted by atomic mass is 9.89. The van der Waals surface area contributed by atoms with Gasteiger partial charge in [-0.25, -0.2) is 0 Å². The molecule has 4 fully saturated rings. The van der Waals surface area contributed by atoms with Crippen molar-refractivity contribution in [2.45, 2.75) is 31.3 Å². The molecule has 4 unspecified atom stereocenters. The summed E-state index contributed by atoms with van der Waals surface area (Å²) in [5.74, 6) is 1.12. The van der Waals surface area contributed by atoms with Gasteiger partial charge in [0.05, 0.1) is 0 Å². The Hall–Kier alpha value is -0.0400. The van der Waals surface area contributed by atoms with Gasteiger partial charge in [-0.05, 0) is 25.2 Å². The zero-order valence-corrected chi connectivity index (χ0v) is 5.01. The summed E-state index contributed by atoms with van der Waals surface area (Å²) >= 11 is 0. The molecule has 1 heteroatoms. The predicted octanol–water partition coefficient (Wildman–Crippen LogP) is 0.853. The maximum atomic E-state index is 2.67. The molecule has 1 nitrogen and oxygen atoms in total. The summed E-state index contributed by atoms with van der Waals surface area (Å²) in [5.41, 5.74) is 0. The van der Waals surface area contributed by atoms with Gasteiger partial charge in [0.1, 0.15) is 0 Å². The van der Waals surface area contributed by atoms with E-state index in [4.69, 9.17) is 0 Å². The second-order valence-corrected chi connectivity index (χ2v) is 3.51. The van der Waals surface area contributed by atoms with Gasteiger partial charge in [0.2, 0.25) is 0 Å². The van der Waals surface area contributed by atoms with E-state index in [1.807, 2.05) is 0 Å². The number of rotatable bonds is 0. The smallest absolute Gasteiger partial charge is 0.0258 e. The zero-order valence-electron chi connectivity index (χ0n) is 5.01. The summed E-state index contributed by atoms with van der Waals surface area (Å²) in [5, 5.41) is 0. The van der Waals surface area contributed by atoms with Crippen molar-refractivity contribution < 1.29 is 0 Å². The van der Waals surface area contributed by atoms with Gasteiger partial charge in [-0.1, -0.05) is 0 Å². The lowest BCUT2D eigenvalue weighted by Crippen LogP contribution is -2.20. The monoisotopic (exact) mass is 109 g/mol. The second kappa shape index (κ2) is 0.971. The topological polar surface area (TPSA) is 3.01 Å². The fourth-order valence-electron chi connectivity index (χ4n) is 2.64. The molecule has 3 aliphatic heterocycles. The molecule has 1 aliphatic carbocycles. The van der Waals surface area contributed by atoms with Crippen molar-refractivity contribution in [3.63, 3.8) is 0 Å². The van der Waals surface area contributed by atoms with E-state index in [1.165, 1.54) is 19.4 Å². The van der Waals surface area contributed by atoms with Gasteiger partial charge in [0, 0.05) is 18.6 Å². The standard InChI is InChI=1S/C7H11N/c1-2-6-7-3-5(1)4-8(6)7/h5-7H,1-4H2. The Morgan fingerprint density at radius 1 is 1.12 bits per heavy atom. The summed E-state index contributed by atoms with van der Waals surface area (Å²) in [6.07, 6.45) is 4.61. The van der Waals surface area contributed by atoms with Crippen molar-refractivity contribution in [1.82, 2.24) is 4.90 Å². The molecule has 0 aromatic rings. The number of nitrogens with zero attached hydrogens (tertiary/aromatic N) is 1. The van der Waals surface area contributed by atoms with Crippen LogP contribution in [-0.2, 0) is 0 Å². The fourth-order valence-corrected chi connectivity index (χ4v) is 2.64. The van der Waals surface area contributed by atoms with Crippen LogP contribution >= 0.6 is 0 Å². The largest absolute Gasteiger partial charge is 0.294 e. The van der Waals surface area contributed by atoms with Gasteiger partial charge in [0.25, 0.3) is 0 Å². The molecule has 1 saturated carbocycles. The minimum Gasteiger partial charge on any atom is -0.294 e. The Morgan fingerprint density at radius 2 is 2.12 bits per heavy atom. The van der Waals surface area contributed by atoms with Crippen molar-refractivity contribution in [3.8, 4) is 0 Å². The molecule has 0 amide bonds. The van der Waals surface area contributed by atoms with Gasteiger partial charge in [-0.2, -0.15) is 0 Å². The van der Waals surface area contributed by atoms with Crippen LogP contribution in [0.3, 0.4) is 0 Å². The molecule has 4 rings (SSSR count). The third-order valence-corrected chi connectivity index (χ3v) is 3.12. The summed E-state index contributed by atoms with van der Waals surface area (Å²) in [6.45, 7) is 1.45. The minimum absolute atomic E-state index is 1.07. The van der Waals surface area contributed by atoms with Gasteiger partial charge in [-0.15, -0.1) is 0 Å². The Balaban J connectivity index is 1.99. The highest BCUT2D eigenvalue weighted by Crippen LogP contribution is 2.50. The molecule has 4 atom stereocenters. The summed E-state index contributed by atoms with van der Waals surface area (Å²) in [4.78, 5) is 2.67. The first kappa shape index (κ1) is 3.89. The maximum Gasteiger partial charge on any atom is 0.0258 e. The maximum absolute atomic E-state index is 2.67. The third-order valence-electron chi connectivity index (χ3n) is 3.12. The Morgan fingerprint density at radius 3 is 2.38 bits per heavy atom. The van der Waals surface area contributed by atoms with Crippen LogP contribution in [0.25, 0.3) is 0 Å². The fraction of sp³-hybridized carbons (Fsp3) is 1.00. The van der Waals surface area contributed by atoms with Crippen LogP contribution in [0.1, 0.15) is 19.3 Å². The number of piperidine rings is 2. The highest BCUT2D eigenvalue weighted by atomic mass is 15.4. The Bertz CT molecular complexity index is 112. The SMILES string of the molecule is C1CC2C3CC1CN23. The van der Waals surface area contributed by atoms with E-state index < -0.39 is 0 Å². The lowest BCUT2D eigenvalue weighted by molar-refractivity contribution is 0.333. The molecule has 4 bridgehead atoms. The highest BCUT2D eigenvalue weighted by molar-refractivity contribution is 5.12. The number of fused-ring (bicyclic) bond motifs is 1. The molecule has 3 saturated heterocycles. The Labute approximate surface area is 49.7 Å². The molecular weight excluding hydrogens is 98.1 g/mol. The highest BCUT2D eigenvalue weighted by Gasteiger charge is 2.56. The first-order valence-corrected chi connectivity index (χ1v) is 3.71. The van der Waals surface area contributed by atoms with E-state index in [0.717, 1.165) is 18.0 Å². The number of hydrogen-bond acceptors (Lipinski definition) is 1. The van der Waals surface area contributed by atoms with Gasteiger partial charge < -0.3 is 0 Å². The summed E-state index contributed by atoms with van der Waals surface area (Å²) in [7, 11) is 0. The molecule has 0 radical (unpaired) electrons. The van der Waals surface area contributed by atoms with Gasteiger partial charge in [-0.3, -0.25) is 4.90 Å². The van der Waals surface area contributed by atoms with Crippen LogP contribution in [-0.4, -0.2) is 23.5 Å². The van der Waals surface area contributed by atoms with E-state index in [0.29, 0.717) is 0 Å². The van der Waals surface area contributed by atoms with Crippen LogP contribution in [0.15, 0.2) is 0 Å². The van der Waals surface area contributed by atoms with Crippen molar-refractivity contribution in [1.29, 1.82) is 0 Å². The van der Waals surface area contributed by atoms with Crippen molar-refractivity contribution >= 4 is 0 Å². The predicted molar refractivity (Wildman–Crippen MR) is 31.6 cm³/mol. The number of hydrogen-bond donors (Lipinski definition) is 0. The molecule has 4 aliphatic rings. The third kappa shape index (κ3) is 0.278. The zero-order chi connectivity index (χ0) is 5.14. The van der Waals surface area contributed by atoms with Crippen molar-refractivity contribution in [2.24, 2.45) is 5.92 Å². The van der Waals surface area contributed by atoms with E-state index in [2.05, 4.69) is 4.90 Å². The average Bonchev–Trinajstić information content (AvgIpc) is 2.38. The average molecular weight is 109 g/mol. The van der Waals surface area contributed by atoms with Gasteiger partial charge >= 0.3 is 0 Å².